The molecule has 2 rings (SSSR count). The fraction of sp³-hybridized carbons (Fsp3) is 0.200. The zero-order valence-electron chi connectivity index (χ0n) is 6.79. The maximum atomic E-state index is 3.29. The minimum Gasteiger partial charge on any atom is -0.303 e. The highest BCUT2D eigenvalue weighted by Crippen LogP contribution is 2.21. The number of hydrogen-bond acceptors (Lipinski definition) is 2. The Morgan fingerprint density at radius 1 is 1.25 bits per heavy atom. The van der Waals surface area contributed by atoms with Crippen molar-refractivity contribution in [3.63, 3.8) is 0 Å². The van der Waals surface area contributed by atoms with E-state index in [9.17, 15) is 0 Å². The number of rotatable bonds is 1. The summed E-state index contributed by atoms with van der Waals surface area (Å²) in [7, 11) is 0. The van der Waals surface area contributed by atoms with E-state index < -0.39 is 0 Å². The first kappa shape index (κ1) is 7.90. The summed E-state index contributed by atoms with van der Waals surface area (Å²) >= 11 is 1.89. The van der Waals surface area contributed by atoms with E-state index in [1.165, 1.54) is 10.5 Å². The second-order valence-corrected chi connectivity index (χ2v) is 3.84. The van der Waals surface area contributed by atoms with Crippen molar-refractivity contribution >= 4 is 17.8 Å². The molecule has 1 fully saturated rings. The molecule has 0 saturated carbocycles. The fourth-order valence-electron chi connectivity index (χ4n) is 1.20. The molecule has 1 aliphatic heterocycles. The molecule has 1 heterocycles. The molecule has 1 saturated heterocycles. The molecule has 2 heteroatoms. The Morgan fingerprint density at radius 3 is 2.75 bits per heavy atom. The summed E-state index contributed by atoms with van der Waals surface area (Å²) in [4.78, 5) is 1.43. The smallest absolute Gasteiger partial charge is 0.0465 e. The average molecular weight is 177 g/mol. The highest BCUT2D eigenvalue weighted by atomic mass is 32.2. The number of thioether (sulfide) groups is 1. The van der Waals surface area contributed by atoms with Gasteiger partial charge in [0.05, 0.1) is 0 Å². The molecular weight excluding hydrogens is 166 g/mol. The van der Waals surface area contributed by atoms with Crippen LogP contribution in [0.15, 0.2) is 35.2 Å². The molecule has 0 radical (unpaired) electrons. The third kappa shape index (κ3) is 1.90. The van der Waals surface area contributed by atoms with Gasteiger partial charge >= 0.3 is 0 Å². The minimum atomic E-state index is 1.03. The van der Waals surface area contributed by atoms with Gasteiger partial charge in [0.25, 0.3) is 0 Å². The molecule has 1 aliphatic rings. The summed E-state index contributed by atoms with van der Waals surface area (Å²) < 4.78 is 0. The monoisotopic (exact) mass is 177 g/mol. The van der Waals surface area contributed by atoms with Crippen LogP contribution >= 0.6 is 11.8 Å². The first-order valence-corrected chi connectivity index (χ1v) is 5.03. The molecule has 0 atom stereocenters. The summed E-state index contributed by atoms with van der Waals surface area (Å²) in [5, 5.41) is 3.29. The molecule has 0 aliphatic carbocycles. The van der Waals surface area contributed by atoms with Gasteiger partial charge in [0.2, 0.25) is 0 Å². The molecule has 0 unspecified atom stereocenters. The van der Waals surface area contributed by atoms with Crippen molar-refractivity contribution in [2.24, 2.45) is 0 Å². The lowest BCUT2D eigenvalue weighted by atomic mass is 10.2. The van der Waals surface area contributed by atoms with Crippen LogP contribution in [0.2, 0.25) is 0 Å². The van der Waals surface area contributed by atoms with Gasteiger partial charge in [0.1, 0.15) is 0 Å². The summed E-state index contributed by atoms with van der Waals surface area (Å²) in [5.41, 5.74) is 1.30. The van der Waals surface area contributed by atoms with Crippen molar-refractivity contribution < 1.29 is 0 Å². The highest BCUT2D eigenvalue weighted by molar-refractivity contribution is 8.03. The Kier molecular flexibility index (Phi) is 2.49. The molecule has 62 valence electrons. The topological polar surface area (TPSA) is 12.0 Å². The summed E-state index contributed by atoms with van der Waals surface area (Å²) in [5.74, 6) is 1.05. The molecule has 0 aromatic heterocycles. The van der Waals surface area contributed by atoms with Gasteiger partial charge < -0.3 is 5.32 Å². The van der Waals surface area contributed by atoms with E-state index in [-0.39, 0.29) is 0 Å². The summed E-state index contributed by atoms with van der Waals surface area (Å²) in [6, 6.07) is 10.4. The predicted octanol–water partition coefficient (Wildman–Crippen LogP) is 2.32. The van der Waals surface area contributed by atoms with Gasteiger partial charge in [-0.2, -0.15) is 0 Å². The van der Waals surface area contributed by atoms with Gasteiger partial charge in [-0.05, 0) is 11.6 Å². The number of hydrogen-bond donors (Lipinski definition) is 1. The average Bonchev–Trinajstić information content (AvgIpc) is 2.59. The van der Waals surface area contributed by atoms with Gasteiger partial charge in [-0.15, -0.1) is 11.8 Å². The van der Waals surface area contributed by atoms with Crippen LogP contribution in [0, 0.1) is 0 Å². The first-order valence-electron chi connectivity index (χ1n) is 4.04. The van der Waals surface area contributed by atoms with Gasteiger partial charge in [-0.1, -0.05) is 30.3 Å². The van der Waals surface area contributed by atoms with E-state index in [0.717, 1.165) is 12.4 Å². The van der Waals surface area contributed by atoms with Crippen LogP contribution < -0.4 is 5.32 Å². The van der Waals surface area contributed by atoms with Crippen LogP contribution in [0.5, 0.6) is 0 Å². The lowest BCUT2D eigenvalue weighted by Crippen LogP contribution is -2.04. The molecule has 1 nitrogen and oxygen atoms in total. The van der Waals surface area contributed by atoms with E-state index in [1.807, 2.05) is 17.8 Å². The van der Waals surface area contributed by atoms with Gasteiger partial charge in [0.15, 0.2) is 0 Å². The lowest BCUT2D eigenvalue weighted by molar-refractivity contribution is 0.916. The Morgan fingerprint density at radius 2 is 2.08 bits per heavy atom. The Hall–Kier alpha value is -0.730. The van der Waals surface area contributed by atoms with Crippen LogP contribution in [0.1, 0.15) is 5.56 Å². The minimum absolute atomic E-state index is 1.03. The van der Waals surface area contributed by atoms with Crippen LogP contribution in [-0.4, -0.2) is 12.4 Å². The van der Waals surface area contributed by atoms with Crippen LogP contribution in [0.3, 0.4) is 0 Å². The third-order valence-electron chi connectivity index (χ3n) is 1.79. The van der Waals surface area contributed by atoms with Gasteiger partial charge in [-0.3, -0.25) is 0 Å². The largest absolute Gasteiger partial charge is 0.303 e. The van der Waals surface area contributed by atoms with E-state index >= 15 is 0 Å². The van der Waals surface area contributed by atoms with Crippen molar-refractivity contribution in [3.8, 4) is 0 Å². The van der Waals surface area contributed by atoms with Crippen molar-refractivity contribution in [2.75, 3.05) is 12.4 Å². The molecule has 0 spiro atoms. The van der Waals surface area contributed by atoms with E-state index in [0.29, 0.717) is 0 Å². The van der Waals surface area contributed by atoms with E-state index in [4.69, 9.17) is 0 Å². The molecule has 1 N–H and O–H groups in total. The van der Waals surface area contributed by atoms with Gasteiger partial charge in [0, 0.05) is 17.3 Å². The molecule has 0 amide bonds. The van der Waals surface area contributed by atoms with Crippen LogP contribution in [-0.2, 0) is 0 Å². The van der Waals surface area contributed by atoms with Gasteiger partial charge in [-0.25, -0.2) is 0 Å². The zero-order chi connectivity index (χ0) is 8.23. The second-order valence-electron chi connectivity index (χ2n) is 2.74. The first-order chi connectivity index (χ1) is 5.95. The van der Waals surface area contributed by atoms with Crippen LogP contribution in [0.4, 0.5) is 0 Å². The maximum Gasteiger partial charge on any atom is 0.0465 e. The summed E-state index contributed by atoms with van der Waals surface area (Å²) in [6.07, 6.45) is 2.24. The molecule has 1 aromatic carbocycles. The number of nitrogens with one attached hydrogen (secondary N) is 1. The molecular formula is C10H11NS. The number of benzene rings is 1. The highest BCUT2D eigenvalue weighted by Gasteiger charge is 2.04. The Bertz CT molecular complexity index is 271. The SMILES string of the molecule is C(=C1CNCS1)c1ccccc1. The molecule has 0 bridgehead atoms. The zero-order valence-corrected chi connectivity index (χ0v) is 7.60. The second kappa shape index (κ2) is 3.78. The van der Waals surface area contributed by atoms with Crippen molar-refractivity contribution in [1.82, 2.24) is 5.32 Å². The Balaban J connectivity index is 2.16. The normalized spacial score (nSPS) is 20.2. The fourth-order valence-corrected chi connectivity index (χ4v) is 2.01. The van der Waals surface area contributed by atoms with Crippen molar-refractivity contribution in [1.29, 1.82) is 0 Å². The predicted molar refractivity (Wildman–Crippen MR) is 54.9 cm³/mol. The van der Waals surface area contributed by atoms with Crippen molar-refractivity contribution in [2.45, 2.75) is 0 Å². The lowest BCUT2D eigenvalue weighted by Gasteiger charge is -1.94. The van der Waals surface area contributed by atoms with E-state index in [1.54, 1.807) is 0 Å². The quantitative estimate of drug-likeness (QED) is 0.706. The molecule has 1 aromatic rings. The van der Waals surface area contributed by atoms with E-state index in [2.05, 4.69) is 35.7 Å². The Labute approximate surface area is 76.9 Å². The standard InChI is InChI=1S/C10H11NS/c1-2-4-9(5-3-1)6-10-7-11-8-12-10/h1-6,11H,7-8H2. The molecule has 12 heavy (non-hydrogen) atoms. The maximum absolute atomic E-state index is 3.29. The van der Waals surface area contributed by atoms with Crippen molar-refractivity contribution in [3.05, 3.63) is 40.8 Å². The third-order valence-corrected chi connectivity index (χ3v) is 2.77. The summed E-state index contributed by atoms with van der Waals surface area (Å²) in [6.45, 7) is 1.03. The van der Waals surface area contributed by atoms with Crippen LogP contribution in [0.25, 0.3) is 6.08 Å².